The average molecular weight is 297 g/mol. The first kappa shape index (κ1) is 13.5. The molecule has 6 heteroatoms. The number of halogens is 2. The van der Waals surface area contributed by atoms with E-state index in [4.69, 9.17) is 11.6 Å². The molecule has 2 atom stereocenters. The smallest absolute Gasteiger partial charge is 0.234 e. The zero-order chi connectivity index (χ0) is 14.4. The molecule has 1 aromatic rings. The molecule has 0 aromatic heterocycles. The molecule has 2 fully saturated rings. The van der Waals surface area contributed by atoms with Gasteiger partial charge in [0.25, 0.3) is 0 Å². The van der Waals surface area contributed by atoms with Gasteiger partial charge in [-0.1, -0.05) is 17.7 Å². The maximum atomic E-state index is 13.4. The summed E-state index contributed by atoms with van der Waals surface area (Å²) in [6, 6.07) is 4.68. The first-order chi connectivity index (χ1) is 9.47. The minimum absolute atomic E-state index is 0.0963. The molecule has 2 heterocycles. The summed E-state index contributed by atoms with van der Waals surface area (Å²) in [6.45, 7) is 1.61. The van der Waals surface area contributed by atoms with Crippen LogP contribution in [0.1, 0.15) is 5.56 Å². The summed E-state index contributed by atoms with van der Waals surface area (Å²) in [7, 11) is 1.53. The number of carbonyl (C=O) groups is 2. The number of hydrogen-bond donors (Lipinski definition) is 0. The van der Waals surface area contributed by atoms with Crippen molar-refractivity contribution in [1.82, 2.24) is 9.80 Å². The summed E-state index contributed by atoms with van der Waals surface area (Å²) in [5, 5.41) is 0.0963. The van der Waals surface area contributed by atoms with E-state index in [1.165, 1.54) is 24.1 Å². The molecule has 0 saturated carbocycles. The van der Waals surface area contributed by atoms with Crippen LogP contribution in [0.4, 0.5) is 4.39 Å². The van der Waals surface area contributed by atoms with Crippen molar-refractivity contribution in [3.63, 3.8) is 0 Å². The molecule has 1 aromatic carbocycles. The number of amides is 2. The molecule has 0 radical (unpaired) electrons. The molecule has 0 unspecified atom stereocenters. The number of hydrogen-bond acceptors (Lipinski definition) is 3. The van der Waals surface area contributed by atoms with Crippen LogP contribution in [0.15, 0.2) is 18.2 Å². The number of rotatable bonds is 2. The Bertz CT molecular complexity index is 569. The highest BCUT2D eigenvalue weighted by Gasteiger charge is 2.50. The second-order valence-electron chi connectivity index (χ2n) is 5.39. The van der Waals surface area contributed by atoms with Crippen LogP contribution in [-0.4, -0.2) is 41.8 Å². The van der Waals surface area contributed by atoms with E-state index in [2.05, 4.69) is 0 Å². The van der Waals surface area contributed by atoms with Crippen LogP contribution in [-0.2, 0) is 16.1 Å². The molecular weight excluding hydrogens is 283 g/mol. The van der Waals surface area contributed by atoms with Gasteiger partial charge in [-0.15, -0.1) is 0 Å². The molecule has 3 rings (SSSR count). The molecule has 2 saturated heterocycles. The zero-order valence-corrected chi connectivity index (χ0v) is 11.7. The van der Waals surface area contributed by atoms with Crippen LogP contribution < -0.4 is 0 Å². The summed E-state index contributed by atoms with van der Waals surface area (Å²) >= 11 is 5.65. The number of carbonyl (C=O) groups excluding carboxylic acids is 2. The van der Waals surface area contributed by atoms with Gasteiger partial charge in [-0.25, -0.2) is 4.39 Å². The van der Waals surface area contributed by atoms with Crippen molar-refractivity contribution in [1.29, 1.82) is 0 Å². The van der Waals surface area contributed by atoms with Crippen LogP contribution in [0.5, 0.6) is 0 Å². The third-order valence-corrected chi connectivity index (χ3v) is 4.39. The van der Waals surface area contributed by atoms with Crippen LogP contribution in [0.3, 0.4) is 0 Å². The van der Waals surface area contributed by atoms with E-state index in [0.29, 0.717) is 19.6 Å². The maximum Gasteiger partial charge on any atom is 0.234 e. The molecule has 106 valence electrons. The van der Waals surface area contributed by atoms with Gasteiger partial charge in [0.15, 0.2) is 0 Å². The second kappa shape index (κ2) is 4.82. The lowest BCUT2D eigenvalue weighted by Crippen LogP contribution is -2.32. The largest absolute Gasteiger partial charge is 0.297 e. The van der Waals surface area contributed by atoms with E-state index in [1.807, 2.05) is 4.90 Å². The summed E-state index contributed by atoms with van der Waals surface area (Å²) in [5.41, 5.74) is 0.792. The van der Waals surface area contributed by atoms with E-state index in [-0.39, 0.29) is 28.7 Å². The van der Waals surface area contributed by atoms with Crippen molar-refractivity contribution >= 4 is 23.4 Å². The lowest BCUT2D eigenvalue weighted by Gasteiger charge is -2.18. The van der Waals surface area contributed by atoms with Crippen molar-refractivity contribution < 1.29 is 14.0 Å². The third kappa shape index (κ3) is 2.11. The molecule has 0 N–H and O–H groups in total. The van der Waals surface area contributed by atoms with Crippen LogP contribution in [0.2, 0.25) is 5.02 Å². The Morgan fingerprint density at radius 3 is 2.40 bits per heavy atom. The first-order valence-corrected chi connectivity index (χ1v) is 6.83. The van der Waals surface area contributed by atoms with Crippen LogP contribution in [0.25, 0.3) is 0 Å². The van der Waals surface area contributed by atoms with Crippen LogP contribution in [0, 0.1) is 17.7 Å². The molecule has 2 aliphatic heterocycles. The summed E-state index contributed by atoms with van der Waals surface area (Å²) in [5.74, 6) is -1.15. The van der Waals surface area contributed by atoms with Crippen molar-refractivity contribution in [2.24, 2.45) is 11.8 Å². The fourth-order valence-corrected chi connectivity index (χ4v) is 3.13. The Hall–Kier alpha value is -1.46. The fraction of sp³-hybridized carbons (Fsp3) is 0.429. The number of benzene rings is 1. The van der Waals surface area contributed by atoms with Crippen molar-refractivity contribution in [3.8, 4) is 0 Å². The Morgan fingerprint density at radius 1 is 1.25 bits per heavy atom. The number of likely N-dealkylation sites (tertiary alicyclic amines) is 2. The molecular formula is C14H14ClFN2O2. The number of nitrogens with zero attached hydrogens (tertiary/aromatic N) is 2. The van der Waals surface area contributed by atoms with Gasteiger partial charge in [0, 0.05) is 26.7 Å². The van der Waals surface area contributed by atoms with Gasteiger partial charge in [0.2, 0.25) is 11.8 Å². The normalized spacial score (nSPS) is 26.4. The Kier molecular flexibility index (Phi) is 3.26. The fourth-order valence-electron chi connectivity index (χ4n) is 3.02. The Morgan fingerprint density at radius 2 is 1.85 bits per heavy atom. The Labute approximate surface area is 121 Å². The van der Waals surface area contributed by atoms with Gasteiger partial charge in [0.1, 0.15) is 5.82 Å². The number of imide groups is 1. The zero-order valence-electron chi connectivity index (χ0n) is 11.0. The SMILES string of the molecule is CN1C(=O)[C@H]2CN(Cc3ccc(Cl)c(F)c3)C[C@H]2C1=O. The first-order valence-electron chi connectivity index (χ1n) is 6.45. The highest BCUT2D eigenvalue weighted by atomic mass is 35.5. The molecule has 0 bridgehead atoms. The highest BCUT2D eigenvalue weighted by molar-refractivity contribution is 6.30. The van der Waals surface area contributed by atoms with Gasteiger partial charge in [-0.3, -0.25) is 19.4 Å². The van der Waals surface area contributed by atoms with E-state index in [1.54, 1.807) is 6.07 Å². The lowest BCUT2D eigenvalue weighted by molar-refractivity contribution is -0.138. The van der Waals surface area contributed by atoms with E-state index in [0.717, 1.165) is 5.56 Å². The van der Waals surface area contributed by atoms with Gasteiger partial charge >= 0.3 is 0 Å². The highest BCUT2D eigenvalue weighted by Crippen LogP contribution is 2.33. The standard InChI is InChI=1S/C14H14ClFN2O2/c1-17-13(19)9-6-18(7-10(9)14(17)20)5-8-2-3-11(15)12(16)4-8/h2-4,9-10H,5-7H2,1H3/t9-,10+. The average Bonchev–Trinajstić information content (AvgIpc) is 2.91. The monoisotopic (exact) mass is 296 g/mol. The third-order valence-electron chi connectivity index (χ3n) is 4.08. The quantitative estimate of drug-likeness (QED) is 0.777. The van der Waals surface area contributed by atoms with E-state index >= 15 is 0 Å². The predicted octanol–water partition coefficient (Wildman–Crippen LogP) is 1.53. The topological polar surface area (TPSA) is 40.6 Å². The summed E-state index contributed by atoms with van der Waals surface area (Å²) < 4.78 is 13.4. The summed E-state index contributed by atoms with van der Waals surface area (Å²) in [4.78, 5) is 27.0. The van der Waals surface area contributed by atoms with Gasteiger partial charge < -0.3 is 0 Å². The number of fused-ring (bicyclic) bond motifs is 1. The molecule has 0 aliphatic carbocycles. The van der Waals surface area contributed by atoms with E-state index < -0.39 is 5.82 Å². The predicted molar refractivity (Wildman–Crippen MR) is 71.4 cm³/mol. The van der Waals surface area contributed by atoms with Gasteiger partial charge in [-0.05, 0) is 17.7 Å². The van der Waals surface area contributed by atoms with Crippen LogP contribution >= 0.6 is 11.6 Å². The van der Waals surface area contributed by atoms with Gasteiger partial charge in [-0.2, -0.15) is 0 Å². The van der Waals surface area contributed by atoms with Crippen molar-refractivity contribution in [2.75, 3.05) is 20.1 Å². The van der Waals surface area contributed by atoms with Crippen molar-refractivity contribution in [3.05, 3.63) is 34.6 Å². The molecule has 2 aliphatic rings. The summed E-state index contributed by atoms with van der Waals surface area (Å²) in [6.07, 6.45) is 0. The maximum absolute atomic E-state index is 13.4. The lowest BCUT2D eigenvalue weighted by atomic mass is 10.00. The minimum Gasteiger partial charge on any atom is -0.297 e. The van der Waals surface area contributed by atoms with Crippen molar-refractivity contribution in [2.45, 2.75) is 6.54 Å². The molecule has 0 spiro atoms. The van der Waals surface area contributed by atoms with E-state index in [9.17, 15) is 14.0 Å². The second-order valence-corrected chi connectivity index (χ2v) is 5.80. The minimum atomic E-state index is -0.449. The molecule has 2 amide bonds. The van der Waals surface area contributed by atoms with Gasteiger partial charge in [0.05, 0.1) is 16.9 Å². The Balaban J connectivity index is 1.71. The molecule has 4 nitrogen and oxygen atoms in total. The molecule has 20 heavy (non-hydrogen) atoms.